The summed E-state index contributed by atoms with van der Waals surface area (Å²) in [5.74, 6) is 1.31. The number of ketones is 1. The molecule has 3 rings (SSSR count). The van der Waals surface area contributed by atoms with Crippen LogP contribution in [0, 0.1) is 0 Å². The Balaban J connectivity index is 2.04. The average molecular weight is 313 g/mol. The minimum absolute atomic E-state index is 0.0105. The second-order valence-corrected chi connectivity index (χ2v) is 5.81. The van der Waals surface area contributed by atoms with Crippen molar-refractivity contribution in [2.24, 2.45) is 0 Å². The van der Waals surface area contributed by atoms with E-state index in [1.165, 1.54) is 0 Å². The first-order valence-electron chi connectivity index (χ1n) is 7.50. The second kappa shape index (κ2) is 5.83. The van der Waals surface area contributed by atoms with Crippen molar-refractivity contribution in [3.63, 3.8) is 0 Å². The molecule has 0 spiro atoms. The molecule has 1 aliphatic heterocycles. The van der Waals surface area contributed by atoms with Gasteiger partial charge in [-0.2, -0.15) is 4.68 Å². The minimum Gasteiger partial charge on any atom is -0.491 e. The maximum Gasteiger partial charge on any atom is 0.248 e. The fraction of sp³-hybridized carbons (Fsp3) is 0.375. The molecule has 0 bridgehead atoms. The first-order chi connectivity index (χ1) is 11.0. The van der Waals surface area contributed by atoms with E-state index in [0.717, 1.165) is 17.0 Å². The Morgan fingerprint density at radius 2 is 2.00 bits per heavy atom. The predicted molar refractivity (Wildman–Crippen MR) is 85.2 cm³/mol. The summed E-state index contributed by atoms with van der Waals surface area (Å²) in [6, 6.07) is 7.33. The molecule has 2 heterocycles. The normalized spacial score (nSPS) is 17.0. The van der Waals surface area contributed by atoms with Gasteiger partial charge in [-0.3, -0.25) is 4.79 Å². The van der Waals surface area contributed by atoms with Crippen molar-refractivity contribution in [2.45, 2.75) is 39.8 Å². The number of ether oxygens (including phenoxy) is 1. The van der Waals surface area contributed by atoms with Crippen LogP contribution in [0.2, 0.25) is 0 Å². The van der Waals surface area contributed by atoms with Crippen LogP contribution < -0.4 is 10.1 Å². The highest BCUT2D eigenvalue weighted by atomic mass is 16.5. The molecule has 0 fully saturated rings. The van der Waals surface area contributed by atoms with Crippen LogP contribution in [-0.2, 0) is 4.79 Å². The summed E-state index contributed by atoms with van der Waals surface area (Å²) >= 11 is 0. The summed E-state index contributed by atoms with van der Waals surface area (Å²) in [6.07, 6.45) is 0.112. The average Bonchev–Trinajstić information content (AvgIpc) is 2.93. The molecule has 0 saturated carbocycles. The number of aromatic nitrogens is 4. The van der Waals surface area contributed by atoms with E-state index in [1.54, 1.807) is 11.6 Å². The number of anilines is 1. The van der Waals surface area contributed by atoms with Gasteiger partial charge in [-0.1, -0.05) is 17.2 Å². The molecule has 2 aromatic rings. The molecule has 0 amide bonds. The Kier molecular flexibility index (Phi) is 3.85. The molecule has 7 nitrogen and oxygen atoms in total. The zero-order valence-corrected chi connectivity index (χ0v) is 13.6. The molecule has 23 heavy (non-hydrogen) atoms. The Labute approximate surface area is 134 Å². The number of hydrogen-bond acceptors (Lipinski definition) is 6. The summed E-state index contributed by atoms with van der Waals surface area (Å²) in [7, 11) is 0. The van der Waals surface area contributed by atoms with Gasteiger partial charge in [-0.05, 0) is 55.8 Å². The molecule has 1 N–H and O–H groups in total. The number of allylic oxidation sites excluding steroid dienone is 2. The summed E-state index contributed by atoms with van der Waals surface area (Å²) in [4.78, 5) is 12.1. The molecule has 0 aliphatic carbocycles. The molecule has 1 aromatic carbocycles. The van der Waals surface area contributed by atoms with Crippen LogP contribution in [0.25, 0.3) is 0 Å². The van der Waals surface area contributed by atoms with Crippen LogP contribution in [0.4, 0.5) is 5.95 Å². The zero-order valence-electron chi connectivity index (χ0n) is 13.6. The van der Waals surface area contributed by atoms with Crippen LogP contribution in [0.15, 0.2) is 35.5 Å². The lowest BCUT2D eigenvalue weighted by atomic mass is 9.93. The number of benzene rings is 1. The minimum atomic E-state index is -0.341. The summed E-state index contributed by atoms with van der Waals surface area (Å²) in [6.45, 7) is 7.37. The van der Waals surface area contributed by atoms with Crippen LogP contribution in [0.3, 0.4) is 0 Å². The van der Waals surface area contributed by atoms with Gasteiger partial charge in [0, 0.05) is 11.3 Å². The van der Waals surface area contributed by atoms with Crippen LogP contribution in [0.5, 0.6) is 5.75 Å². The summed E-state index contributed by atoms with van der Waals surface area (Å²) < 4.78 is 7.30. The molecule has 1 aliphatic rings. The van der Waals surface area contributed by atoms with Gasteiger partial charge < -0.3 is 10.1 Å². The molecule has 1 unspecified atom stereocenters. The largest absolute Gasteiger partial charge is 0.491 e. The number of nitrogens with zero attached hydrogens (tertiary/aromatic N) is 4. The number of carbonyl (C=O) groups excluding carboxylic acids is 1. The van der Waals surface area contributed by atoms with E-state index in [4.69, 9.17) is 4.74 Å². The molecule has 0 saturated heterocycles. The van der Waals surface area contributed by atoms with Crippen molar-refractivity contribution in [1.29, 1.82) is 0 Å². The van der Waals surface area contributed by atoms with Crippen molar-refractivity contribution >= 4 is 11.7 Å². The lowest BCUT2D eigenvalue weighted by molar-refractivity contribution is -0.114. The first kappa shape index (κ1) is 15.2. The van der Waals surface area contributed by atoms with Gasteiger partial charge >= 0.3 is 0 Å². The van der Waals surface area contributed by atoms with E-state index < -0.39 is 0 Å². The van der Waals surface area contributed by atoms with Crippen molar-refractivity contribution < 1.29 is 9.53 Å². The van der Waals surface area contributed by atoms with Crippen LogP contribution >= 0.6 is 0 Å². The van der Waals surface area contributed by atoms with Gasteiger partial charge in [-0.15, -0.1) is 0 Å². The number of tetrazole rings is 1. The van der Waals surface area contributed by atoms with Crippen LogP contribution in [-0.4, -0.2) is 32.1 Å². The third-order valence-corrected chi connectivity index (χ3v) is 3.66. The second-order valence-electron chi connectivity index (χ2n) is 5.81. The van der Waals surface area contributed by atoms with Gasteiger partial charge in [-0.25, -0.2) is 0 Å². The van der Waals surface area contributed by atoms with E-state index in [2.05, 4.69) is 20.8 Å². The van der Waals surface area contributed by atoms with E-state index in [-0.39, 0.29) is 17.9 Å². The highest BCUT2D eigenvalue weighted by molar-refractivity contribution is 5.96. The quantitative estimate of drug-likeness (QED) is 0.933. The molecular weight excluding hydrogens is 294 g/mol. The lowest BCUT2D eigenvalue weighted by Gasteiger charge is -2.27. The van der Waals surface area contributed by atoms with Crippen molar-refractivity contribution in [1.82, 2.24) is 20.2 Å². The van der Waals surface area contributed by atoms with E-state index in [0.29, 0.717) is 11.5 Å². The number of carbonyl (C=O) groups is 1. The van der Waals surface area contributed by atoms with Gasteiger partial charge in [0.15, 0.2) is 5.78 Å². The fourth-order valence-electron chi connectivity index (χ4n) is 2.78. The number of Topliss-reactive ketones (excluding diaryl/α,β-unsaturated/α-hetero) is 1. The van der Waals surface area contributed by atoms with Crippen molar-refractivity contribution in [3.05, 3.63) is 41.1 Å². The van der Waals surface area contributed by atoms with E-state index in [1.807, 2.05) is 45.0 Å². The van der Waals surface area contributed by atoms with E-state index in [9.17, 15) is 4.79 Å². The number of rotatable bonds is 4. The molecule has 1 aromatic heterocycles. The van der Waals surface area contributed by atoms with Gasteiger partial charge in [0.05, 0.1) is 6.10 Å². The smallest absolute Gasteiger partial charge is 0.248 e. The fourth-order valence-corrected chi connectivity index (χ4v) is 2.78. The monoisotopic (exact) mass is 313 g/mol. The number of fused-ring (bicyclic) bond motifs is 1. The lowest BCUT2D eigenvalue weighted by Crippen LogP contribution is -2.27. The molecule has 0 radical (unpaired) electrons. The Hall–Kier alpha value is -2.70. The highest BCUT2D eigenvalue weighted by Gasteiger charge is 2.32. The number of hydrogen-bond donors (Lipinski definition) is 1. The van der Waals surface area contributed by atoms with Gasteiger partial charge in [0.25, 0.3) is 0 Å². The van der Waals surface area contributed by atoms with E-state index >= 15 is 0 Å². The SMILES string of the molecule is CC(=O)C1=C(C)Nc2nnnn2C1c1ccc(OC(C)C)cc1. The first-order valence-corrected chi connectivity index (χ1v) is 7.50. The molecule has 1 atom stereocenters. The van der Waals surface area contributed by atoms with Gasteiger partial charge in [0.2, 0.25) is 5.95 Å². The third kappa shape index (κ3) is 2.81. The Bertz CT molecular complexity index is 761. The molecule has 120 valence electrons. The standard InChI is InChI=1S/C16H19N5O2/c1-9(2)23-13-7-5-12(6-8-13)15-14(11(4)22)10(3)17-16-18-19-20-21(15)16/h5-9,15H,1-4H3,(H,17,18,20). The van der Waals surface area contributed by atoms with Crippen molar-refractivity contribution in [3.8, 4) is 5.75 Å². The summed E-state index contributed by atoms with van der Waals surface area (Å²) in [5.41, 5.74) is 2.36. The van der Waals surface area contributed by atoms with Gasteiger partial charge in [0.1, 0.15) is 11.8 Å². The topological polar surface area (TPSA) is 81.9 Å². The maximum atomic E-state index is 12.1. The summed E-state index contributed by atoms with van der Waals surface area (Å²) in [5, 5.41) is 14.8. The maximum absolute atomic E-state index is 12.1. The molecule has 7 heteroatoms. The zero-order chi connectivity index (χ0) is 16.6. The highest BCUT2D eigenvalue weighted by Crippen LogP contribution is 2.35. The Morgan fingerprint density at radius 3 is 2.61 bits per heavy atom. The van der Waals surface area contributed by atoms with Crippen LogP contribution in [0.1, 0.15) is 39.3 Å². The third-order valence-electron chi connectivity index (χ3n) is 3.66. The van der Waals surface area contributed by atoms with Crippen molar-refractivity contribution in [2.75, 3.05) is 5.32 Å². The predicted octanol–water partition coefficient (Wildman–Crippen LogP) is 2.34. The number of nitrogens with one attached hydrogen (secondary N) is 1. The molecular formula is C16H19N5O2. The Morgan fingerprint density at radius 1 is 1.30 bits per heavy atom.